The standard InChI is InChI=1S/C13H7ClF2N4.C6H7N.C5H10O/c1-6-4-17-12-11(18-5-19-13(12)20-6)7-2-3-8(14)10(16)9(7)15;1-6-4-2-3-5-7-6;1-2-4-6-5-3-1/h2-5H,1H3;2-5H,1H3;1-5H2. The zero-order chi connectivity index (χ0) is 23.6. The Morgan fingerprint density at radius 1 is 0.848 bits per heavy atom. The molecule has 5 rings (SSSR count). The highest BCUT2D eigenvalue weighted by molar-refractivity contribution is 6.30. The van der Waals surface area contributed by atoms with Crippen LogP contribution in [0, 0.1) is 25.5 Å². The van der Waals surface area contributed by atoms with Crippen LogP contribution in [0.3, 0.4) is 0 Å². The van der Waals surface area contributed by atoms with E-state index in [0.29, 0.717) is 16.9 Å². The summed E-state index contributed by atoms with van der Waals surface area (Å²) in [6.07, 6.45) is 8.46. The van der Waals surface area contributed by atoms with Crippen molar-refractivity contribution >= 4 is 22.8 Å². The molecule has 1 aliphatic heterocycles. The summed E-state index contributed by atoms with van der Waals surface area (Å²) in [6, 6.07) is 8.48. The third-order valence-electron chi connectivity index (χ3n) is 4.65. The van der Waals surface area contributed by atoms with Crippen LogP contribution in [0.25, 0.3) is 22.4 Å². The summed E-state index contributed by atoms with van der Waals surface area (Å²) in [7, 11) is 0. The largest absolute Gasteiger partial charge is 0.381 e. The van der Waals surface area contributed by atoms with E-state index in [1.807, 2.05) is 25.1 Å². The number of aryl methyl sites for hydroxylation is 2. The molecule has 1 fully saturated rings. The zero-order valence-corrected chi connectivity index (χ0v) is 19.2. The van der Waals surface area contributed by atoms with Gasteiger partial charge in [0.25, 0.3) is 0 Å². The van der Waals surface area contributed by atoms with Crippen LogP contribution < -0.4 is 0 Å². The first-order valence-corrected chi connectivity index (χ1v) is 10.9. The van der Waals surface area contributed by atoms with Crippen LogP contribution in [-0.4, -0.2) is 38.1 Å². The van der Waals surface area contributed by atoms with Gasteiger partial charge >= 0.3 is 0 Å². The highest BCUT2D eigenvalue weighted by Gasteiger charge is 2.18. The number of halogens is 3. The number of benzene rings is 1. The highest BCUT2D eigenvalue weighted by Crippen LogP contribution is 2.29. The average molecular weight is 472 g/mol. The number of ether oxygens (including phenoxy) is 1. The van der Waals surface area contributed by atoms with Crippen LogP contribution in [0.4, 0.5) is 8.78 Å². The molecule has 0 amide bonds. The normalized spacial score (nSPS) is 12.9. The molecular weight excluding hydrogens is 448 g/mol. The summed E-state index contributed by atoms with van der Waals surface area (Å²) in [5.74, 6) is -2.18. The van der Waals surface area contributed by atoms with Crippen molar-refractivity contribution in [3.05, 3.63) is 77.1 Å². The fourth-order valence-corrected chi connectivity index (χ4v) is 3.11. The van der Waals surface area contributed by atoms with Gasteiger partial charge in [0, 0.05) is 36.9 Å². The van der Waals surface area contributed by atoms with Gasteiger partial charge in [-0.2, -0.15) is 0 Å². The van der Waals surface area contributed by atoms with E-state index in [1.54, 1.807) is 13.1 Å². The predicted octanol–water partition coefficient (Wildman–Crippen LogP) is 5.90. The first-order valence-electron chi connectivity index (χ1n) is 10.5. The van der Waals surface area contributed by atoms with Gasteiger partial charge in [0.2, 0.25) is 0 Å². The second kappa shape index (κ2) is 12.2. The molecule has 0 N–H and O–H groups in total. The van der Waals surface area contributed by atoms with Gasteiger partial charge in [-0.3, -0.25) is 4.98 Å². The number of fused-ring (bicyclic) bond motifs is 1. The van der Waals surface area contributed by atoms with Crippen molar-refractivity contribution in [3.63, 3.8) is 0 Å². The van der Waals surface area contributed by atoms with Crippen LogP contribution in [0.1, 0.15) is 30.7 Å². The molecule has 4 heterocycles. The van der Waals surface area contributed by atoms with Crippen molar-refractivity contribution in [1.29, 1.82) is 0 Å². The minimum absolute atomic E-state index is 0.0301. The second-order valence-corrected chi connectivity index (χ2v) is 7.68. The van der Waals surface area contributed by atoms with E-state index in [4.69, 9.17) is 16.3 Å². The van der Waals surface area contributed by atoms with Crippen molar-refractivity contribution in [1.82, 2.24) is 24.9 Å². The van der Waals surface area contributed by atoms with Crippen molar-refractivity contribution in [2.45, 2.75) is 33.1 Å². The summed E-state index contributed by atoms with van der Waals surface area (Å²) in [5, 5.41) is -0.286. The molecule has 172 valence electrons. The highest BCUT2D eigenvalue weighted by atomic mass is 35.5. The lowest BCUT2D eigenvalue weighted by molar-refractivity contribution is 0.0968. The van der Waals surface area contributed by atoms with E-state index in [2.05, 4.69) is 24.9 Å². The Balaban J connectivity index is 0.000000191. The van der Waals surface area contributed by atoms with Crippen LogP contribution in [0.2, 0.25) is 5.02 Å². The maximum absolute atomic E-state index is 14.0. The van der Waals surface area contributed by atoms with Crippen molar-refractivity contribution < 1.29 is 13.5 Å². The molecule has 0 spiro atoms. The Morgan fingerprint density at radius 3 is 2.21 bits per heavy atom. The fraction of sp³-hybridized carbons (Fsp3) is 0.292. The molecule has 0 aliphatic carbocycles. The Morgan fingerprint density at radius 2 is 1.64 bits per heavy atom. The summed E-state index contributed by atoms with van der Waals surface area (Å²) in [5.41, 5.74) is 2.52. The quantitative estimate of drug-likeness (QED) is 0.321. The Bertz CT molecular complexity index is 1180. The maximum Gasteiger partial charge on any atom is 0.182 e. The molecule has 0 saturated carbocycles. The molecule has 0 unspecified atom stereocenters. The Kier molecular flexibility index (Phi) is 9.09. The number of rotatable bonds is 1. The van der Waals surface area contributed by atoms with E-state index in [-0.39, 0.29) is 16.3 Å². The number of hydrogen-bond donors (Lipinski definition) is 0. The van der Waals surface area contributed by atoms with Gasteiger partial charge in [-0.25, -0.2) is 28.7 Å². The SMILES string of the molecule is C1CCOCC1.Cc1ccccn1.Cc1cnc2c(-c3ccc(Cl)c(F)c3F)ncnc2n1. The lowest BCUT2D eigenvalue weighted by atomic mass is 10.1. The molecule has 6 nitrogen and oxygen atoms in total. The number of nitrogens with zero attached hydrogens (tertiary/aromatic N) is 5. The van der Waals surface area contributed by atoms with Gasteiger partial charge in [0.15, 0.2) is 17.3 Å². The van der Waals surface area contributed by atoms with Crippen LogP contribution >= 0.6 is 11.6 Å². The zero-order valence-electron chi connectivity index (χ0n) is 18.4. The molecule has 3 aromatic heterocycles. The summed E-state index contributed by atoms with van der Waals surface area (Å²) >= 11 is 5.54. The third-order valence-corrected chi connectivity index (χ3v) is 4.94. The number of pyridine rings is 1. The fourth-order valence-electron chi connectivity index (χ4n) is 2.97. The minimum Gasteiger partial charge on any atom is -0.381 e. The molecule has 9 heteroatoms. The van der Waals surface area contributed by atoms with E-state index in [9.17, 15) is 8.78 Å². The summed E-state index contributed by atoms with van der Waals surface area (Å²) in [4.78, 5) is 20.2. The smallest absolute Gasteiger partial charge is 0.182 e. The molecule has 4 aromatic rings. The molecule has 0 atom stereocenters. The molecule has 0 bridgehead atoms. The monoisotopic (exact) mass is 471 g/mol. The van der Waals surface area contributed by atoms with Gasteiger partial charge in [-0.15, -0.1) is 0 Å². The van der Waals surface area contributed by atoms with Crippen molar-refractivity contribution in [2.24, 2.45) is 0 Å². The van der Waals surface area contributed by atoms with E-state index in [0.717, 1.165) is 18.9 Å². The first kappa shape index (κ1) is 24.5. The molecule has 1 saturated heterocycles. The third kappa shape index (κ3) is 6.94. The summed E-state index contributed by atoms with van der Waals surface area (Å²) < 4.78 is 32.6. The number of hydrogen-bond acceptors (Lipinski definition) is 6. The lowest BCUT2D eigenvalue weighted by Gasteiger charge is -2.08. The maximum atomic E-state index is 14.0. The number of aromatic nitrogens is 5. The van der Waals surface area contributed by atoms with E-state index >= 15 is 0 Å². The Hall–Kier alpha value is -3.10. The molecule has 1 aromatic carbocycles. The Labute approximate surface area is 196 Å². The predicted molar refractivity (Wildman–Crippen MR) is 124 cm³/mol. The second-order valence-electron chi connectivity index (χ2n) is 7.27. The minimum atomic E-state index is -1.11. The van der Waals surface area contributed by atoms with Gasteiger partial charge in [-0.05, 0) is 57.4 Å². The summed E-state index contributed by atoms with van der Waals surface area (Å²) in [6.45, 7) is 5.73. The molecule has 33 heavy (non-hydrogen) atoms. The van der Waals surface area contributed by atoms with E-state index in [1.165, 1.54) is 43.9 Å². The van der Waals surface area contributed by atoms with Crippen molar-refractivity contribution in [2.75, 3.05) is 13.2 Å². The van der Waals surface area contributed by atoms with Gasteiger partial charge in [-0.1, -0.05) is 17.7 Å². The average Bonchev–Trinajstić information content (AvgIpc) is 2.85. The molecular formula is C24H24ClF2N5O. The van der Waals surface area contributed by atoms with Gasteiger partial charge < -0.3 is 4.74 Å². The topological polar surface area (TPSA) is 73.7 Å². The van der Waals surface area contributed by atoms with Crippen molar-refractivity contribution in [3.8, 4) is 11.3 Å². The lowest BCUT2D eigenvalue weighted by Crippen LogP contribution is -2.03. The van der Waals surface area contributed by atoms with Crippen LogP contribution in [0.15, 0.2) is 49.1 Å². The van der Waals surface area contributed by atoms with Gasteiger partial charge in [0.1, 0.15) is 17.5 Å². The molecule has 0 radical (unpaired) electrons. The van der Waals surface area contributed by atoms with Crippen LogP contribution in [-0.2, 0) is 4.74 Å². The van der Waals surface area contributed by atoms with E-state index < -0.39 is 11.6 Å². The molecule has 1 aliphatic rings. The van der Waals surface area contributed by atoms with Gasteiger partial charge in [0.05, 0.1) is 10.7 Å². The first-order chi connectivity index (χ1) is 16.0. The van der Waals surface area contributed by atoms with Crippen LogP contribution in [0.5, 0.6) is 0 Å².